The number of hydrogen-bond acceptors (Lipinski definition) is 7. The molecule has 1 aromatic heterocycles. The molecule has 0 amide bonds. The molecule has 0 aliphatic carbocycles. The van der Waals surface area contributed by atoms with E-state index in [9.17, 15) is 8.42 Å². The van der Waals surface area contributed by atoms with E-state index in [0.717, 1.165) is 5.75 Å². The van der Waals surface area contributed by atoms with E-state index < -0.39 is 10.0 Å². The third-order valence-electron chi connectivity index (χ3n) is 3.72. The number of tetrazole rings is 1. The van der Waals surface area contributed by atoms with E-state index in [0.29, 0.717) is 23.9 Å². The molecular weight excluding hydrogens is 370 g/mol. The maximum absolute atomic E-state index is 12.4. The molecule has 0 bridgehead atoms. The Labute approximate surface area is 157 Å². The van der Waals surface area contributed by atoms with E-state index in [4.69, 9.17) is 9.47 Å². The van der Waals surface area contributed by atoms with Gasteiger partial charge in [-0.3, -0.25) is 0 Å². The number of rotatable bonds is 8. The maximum Gasteiger partial charge on any atom is 0.240 e. The summed E-state index contributed by atoms with van der Waals surface area (Å²) in [4.78, 5) is 0.128. The van der Waals surface area contributed by atoms with Crippen LogP contribution in [0.2, 0.25) is 0 Å². The zero-order chi connectivity index (χ0) is 19.3. The van der Waals surface area contributed by atoms with Crippen molar-refractivity contribution in [3.05, 3.63) is 54.4 Å². The number of nitrogens with one attached hydrogen (secondary N) is 1. The molecule has 0 spiro atoms. The van der Waals surface area contributed by atoms with Crippen LogP contribution in [0.1, 0.15) is 12.7 Å². The van der Waals surface area contributed by atoms with Gasteiger partial charge < -0.3 is 9.47 Å². The Morgan fingerprint density at radius 1 is 1.04 bits per heavy atom. The van der Waals surface area contributed by atoms with Crippen LogP contribution in [0.3, 0.4) is 0 Å². The first-order valence-electron chi connectivity index (χ1n) is 8.17. The van der Waals surface area contributed by atoms with E-state index in [2.05, 4.69) is 20.2 Å². The first-order valence-corrected chi connectivity index (χ1v) is 9.66. The van der Waals surface area contributed by atoms with Gasteiger partial charge in [0.05, 0.1) is 30.8 Å². The van der Waals surface area contributed by atoms with E-state index in [1.165, 1.54) is 23.9 Å². The van der Waals surface area contributed by atoms with Gasteiger partial charge in [0.25, 0.3) is 0 Å². The van der Waals surface area contributed by atoms with Crippen molar-refractivity contribution < 1.29 is 17.9 Å². The highest BCUT2D eigenvalue weighted by molar-refractivity contribution is 7.89. The summed E-state index contributed by atoms with van der Waals surface area (Å²) in [6, 6.07) is 13.3. The topological polar surface area (TPSA) is 108 Å². The van der Waals surface area contributed by atoms with Crippen LogP contribution >= 0.6 is 0 Å². The van der Waals surface area contributed by atoms with Gasteiger partial charge in [0, 0.05) is 0 Å². The zero-order valence-electron chi connectivity index (χ0n) is 14.9. The molecule has 0 aliphatic rings. The molecule has 0 fully saturated rings. The Bertz CT molecular complexity index is 985. The predicted molar refractivity (Wildman–Crippen MR) is 97.3 cm³/mol. The highest BCUT2D eigenvalue weighted by atomic mass is 32.2. The average molecular weight is 389 g/mol. The summed E-state index contributed by atoms with van der Waals surface area (Å²) in [6.07, 6.45) is 0. The average Bonchev–Trinajstić information content (AvgIpc) is 3.16. The highest BCUT2D eigenvalue weighted by Crippen LogP contribution is 2.17. The molecule has 10 heteroatoms. The van der Waals surface area contributed by atoms with E-state index in [1.54, 1.807) is 36.4 Å². The Morgan fingerprint density at radius 3 is 2.33 bits per heavy atom. The van der Waals surface area contributed by atoms with E-state index >= 15 is 0 Å². The SMILES string of the molecule is CCOc1ccc(-n2nnnc2CNS(=O)(=O)c2ccc(OC)cc2)cc1. The Balaban J connectivity index is 1.74. The van der Waals surface area contributed by atoms with E-state index in [1.807, 2.05) is 6.92 Å². The number of methoxy groups -OCH3 is 1. The quantitative estimate of drug-likeness (QED) is 0.622. The van der Waals surface area contributed by atoms with Crippen molar-refractivity contribution in [2.45, 2.75) is 18.4 Å². The van der Waals surface area contributed by atoms with Crippen molar-refractivity contribution >= 4 is 10.0 Å². The number of ether oxygens (including phenoxy) is 2. The van der Waals surface area contributed by atoms with Gasteiger partial charge >= 0.3 is 0 Å². The van der Waals surface area contributed by atoms with Crippen molar-refractivity contribution in [2.24, 2.45) is 0 Å². The van der Waals surface area contributed by atoms with Gasteiger partial charge in [-0.25, -0.2) is 13.1 Å². The summed E-state index contributed by atoms with van der Waals surface area (Å²) in [7, 11) is -2.19. The Kier molecular flexibility index (Phi) is 5.67. The fraction of sp³-hybridized carbons (Fsp3) is 0.235. The van der Waals surface area contributed by atoms with Crippen molar-refractivity contribution in [1.29, 1.82) is 0 Å². The molecule has 9 nitrogen and oxygen atoms in total. The van der Waals surface area contributed by atoms with Gasteiger partial charge in [-0.1, -0.05) is 0 Å². The molecule has 0 atom stereocenters. The normalized spacial score (nSPS) is 11.3. The number of hydrogen-bond donors (Lipinski definition) is 1. The van der Waals surface area contributed by atoms with Gasteiger partial charge in [-0.15, -0.1) is 5.10 Å². The minimum absolute atomic E-state index is 0.0609. The Hall–Kier alpha value is -2.98. The van der Waals surface area contributed by atoms with Crippen molar-refractivity contribution in [3.63, 3.8) is 0 Å². The minimum atomic E-state index is -3.71. The smallest absolute Gasteiger partial charge is 0.240 e. The van der Waals surface area contributed by atoms with Gasteiger partial charge in [0.15, 0.2) is 5.82 Å². The van der Waals surface area contributed by atoms with Crippen LogP contribution in [0.25, 0.3) is 5.69 Å². The number of benzene rings is 2. The van der Waals surface area contributed by atoms with Crippen LogP contribution in [-0.4, -0.2) is 42.3 Å². The molecule has 2 aromatic carbocycles. The van der Waals surface area contributed by atoms with Crippen LogP contribution in [-0.2, 0) is 16.6 Å². The van der Waals surface area contributed by atoms with Gasteiger partial charge in [0.2, 0.25) is 10.0 Å². The number of nitrogens with zero attached hydrogens (tertiary/aromatic N) is 4. The maximum atomic E-state index is 12.4. The van der Waals surface area contributed by atoms with Crippen LogP contribution in [0.4, 0.5) is 0 Å². The molecule has 0 saturated heterocycles. The molecular formula is C17H19N5O4S. The molecule has 0 aliphatic heterocycles. The summed E-state index contributed by atoms with van der Waals surface area (Å²) in [6.45, 7) is 2.42. The van der Waals surface area contributed by atoms with E-state index in [-0.39, 0.29) is 11.4 Å². The van der Waals surface area contributed by atoms with Crippen molar-refractivity contribution in [2.75, 3.05) is 13.7 Å². The predicted octanol–water partition coefficient (Wildman–Crippen LogP) is 1.55. The third kappa shape index (κ3) is 4.41. The largest absolute Gasteiger partial charge is 0.497 e. The zero-order valence-corrected chi connectivity index (χ0v) is 15.7. The molecule has 142 valence electrons. The second-order valence-corrected chi connectivity index (χ2v) is 7.20. The number of sulfonamides is 1. The summed E-state index contributed by atoms with van der Waals surface area (Å²) in [5.41, 5.74) is 0.696. The van der Waals surface area contributed by atoms with Gasteiger partial charge in [-0.05, 0) is 65.9 Å². The fourth-order valence-electron chi connectivity index (χ4n) is 2.36. The van der Waals surface area contributed by atoms with Crippen molar-refractivity contribution in [3.8, 4) is 17.2 Å². The molecule has 3 aromatic rings. The molecule has 1 heterocycles. The molecule has 0 saturated carbocycles. The summed E-state index contributed by atoms with van der Waals surface area (Å²) < 4.78 is 39.3. The molecule has 0 radical (unpaired) electrons. The van der Waals surface area contributed by atoms with Crippen molar-refractivity contribution in [1.82, 2.24) is 24.9 Å². The Morgan fingerprint density at radius 2 is 1.70 bits per heavy atom. The lowest BCUT2D eigenvalue weighted by molar-refractivity contribution is 0.340. The monoisotopic (exact) mass is 389 g/mol. The molecule has 27 heavy (non-hydrogen) atoms. The highest BCUT2D eigenvalue weighted by Gasteiger charge is 2.16. The van der Waals surface area contributed by atoms with Crippen LogP contribution < -0.4 is 14.2 Å². The summed E-state index contributed by atoms with van der Waals surface area (Å²) >= 11 is 0. The van der Waals surface area contributed by atoms with Gasteiger partial charge in [-0.2, -0.15) is 4.68 Å². The van der Waals surface area contributed by atoms with Crippen LogP contribution in [0.15, 0.2) is 53.4 Å². The molecule has 3 rings (SSSR count). The lowest BCUT2D eigenvalue weighted by Crippen LogP contribution is -2.25. The van der Waals surface area contributed by atoms with Crippen LogP contribution in [0, 0.1) is 0 Å². The summed E-state index contributed by atoms with van der Waals surface area (Å²) in [5, 5.41) is 11.5. The fourth-order valence-corrected chi connectivity index (χ4v) is 3.34. The van der Waals surface area contributed by atoms with Crippen LogP contribution in [0.5, 0.6) is 11.5 Å². The standard InChI is InChI=1S/C17H19N5O4S/c1-3-26-15-6-4-13(5-7-15)22-17(19-20-21-22)12-18-27(23,24)16-10-8-14(25-2)9-11-16/h4-11,18H,3,12H2,1-2H3. The minimum Gasteiger partial charge on any atom is -0.497 e. The first kappa shape index (κ1) is 18.8. The lowest BCUT2D eigenvalue weighted by atomic mass is 10.3. The first-order chi connectivity index (χ1) is 13.0. The molecule has 0 unspecified atom stereocenters. The molecule has 1 N–H and O–H groups in total. The van der Waals surface area contributed by atoms with Gasteiger partial charge in [0.1, 0.15) is 11.5 Å². The third-order valence-corrected chi connectivity index (χ3v) is 5.13. The second-order valence-electron chi connectivity index (χ2n) is 5.43. The second kappa shape index (κ2) is 8.14. The lowest BCUT2D eigenvalue weighted by Gasteiger charge is -2.09. The number of aromatic nitrogens is 4. The summed E-state index contributed by atoms with van der Waals surface area (Å²) in [5.74, 6) is 1.67.